The van der Waals surface area contributed by atoms with Gasteiger partial charge in [-0.25, -0.2) is 0 Å². The summed E-state index contributed by atoms with van der Waals surface area (Å²) in [6.07, 6.45) is 69.8. The third-order valence-corrected chi connectivity index (χ3v) is 11.1. The molecule has 0 radical (unpaired) electrons. The predicted molar refractivity (Wildman–Crippen MR) is 279 cm³/mol. The van der Waals surface area contributed by atoms with Gasteiger partial charge in [0.15, 0.2) is 6.10 Å². The highest BCUT2D eigenvalue weighted by Gasteiger charge is 2.19. The molecule has 0 saturated heterocycles. The third-order valence-electron chi connectivity index (χ3n) is 11.1. The number of carbonyl (C=O) groups is 3. The summed E-state index contributed by atoms with van der Waals surface area (Å²) < 4.78 is 16.7. The molecule has 0 aromatic carbocycles. The quantitative estimate of drug-likeness (QED) is 0.0262. The van der Waals surface area contributed by atoms with E-state index in [1.54, 1.807) is 0 Å². The number of rotatable bonds is 47. The Hall–Kier alpha value is -3.67. The Morgan fingerprint density at radius 3 is 0.938 bits per heavy atom. The lowest BCUT2D eigenvalue weighted by Crippen LogP contribution is -2.30. The van der Waals surface area contributed by atoms with Crippen molar-refractivity contribution in [3.05, 3.63) is 97.2 Å². The van der Waals surface area contributed by atoms with E-state index < -0.39 is 6.10 Å². The van der Waals surface area contributed by atoms with Crippen LogP contribution in [0.25, 0.3) is 0 Å². The molecular formula is C59H98O6. The van der Waals surface area contributed by atoms with Crippen molar-refractivity contribution in [1.82, 2.24) is 0 Å². The molecular weight excluding hydrogens is 805 g/mol. The molecule has 0 fully saturated rings. The average Bonchev–Trinajstić information content (AvgIpc) is 3.30. The predicted octanol–water partition coefficient (Wildman–Crippen LogP) is 17.8. The maximum atomic E-state index is 12.8. The van der Waals surface area contributed by atoms with Gasteiger partial charge in [-0.2, -0.15) is 0 Å². The maximum Gasteiger partial charge on any atom is 0.306 e. The molecule has 0 aliphatic rings. The molecule has 0 aliphatic carbocycles. The largest absolute Gasteiger partial charge is 0.462 e. The van der Waals surface area contributed by atoms with E-state index in [-0.39, 0.29) is 31.1 Å². The second-order valence-electron chi connectivity index (χ2n) is 17.4. The van der Waals surface area contributed by atoms with Crippen molar-refractivity contribution in [3.63, 3.8) is 0 Å². The topological polar surface area (TPSA) is 78.9 Å². The Kier molecular flexibility index (Phi) is 50.0. The fraction of sp³-hybridized carbons (Fsp3) is 0.678. The van der Waals surface area contributed by atoms with E-state index in [4.69, 9.17) is 14.2 Å². The first-order valence-electron chi connectivity index (χ1n) is 26.7. The lowest BCUT2D eigenvalue weighted by Gasteiger charge is -2.18. The molecule has 0 amide bonds. The summed E-state index contributed by atoms with van der Waals surface area (Å²) >= 11 is 0. The molecule has 6 nitrogen and oxygen atoms in total. The highest BCUT2D eigenvalue weighted by Crippen LogP contribution is 2.14. The minimum absolute atomic E-state index is 0.0864. The molecule has 1 unspecified atom stereocenters. The van der Waals surface area contributed by atoms with Gasteiger partial charge in [-0.15, -0.1) is 0 Å². The number of hydrogen-bond acceptors (Lipinski definition) is 6. The first kappa shape index (κ1) is 61.3. The summed E-state index contributed by atoms with van der Waals surface area (Å²) in [7, 11) is 0. The van der Waals surface area contributed by atoms with Crippen LogP contribution >= 0.6 is 0 Å². The van der Waals surface area contributed by atoms with E-state index in [1.165, 1.54) is 64.2 Å². The first-order valence-corrected chi connectivity index (χ1v) is 26.7. The fourth-order valence-electron chi connectivity index (χ4n) is 7.13. The normalized spacial score (nSPS) is 12.8. The number of hydrogen-bond donors (Lipinski definition) is 0. The molecule has 0 aliphatic heterocycles. The molecule has 0 aromatic heterocycles. The molecule has 0 rings (SSSR count). The number of carbonyl (C=O) groups excluding carboxylic acids is 3. The highest BCUT2D eigenvalue weighted by molar-refractivity contribution is 5.71. The van der Waals surface area contributed by atoms with Crippen molar-refractivity contribution < 1.29 is 28.6 Å². The summed E-state index contributed by atoms with van der Waals surface area (Å²) in [5.74, 6) is -0.918. The minimum atomic E-state index is -0.786. The van der Waals surface area contributed by atoms with Crippen molar-refractivity contribution in [2.45, 2.75) is 245 Å². The average molecular weight is 903 g/mol. The Morgan fingerprint density at radius 2 is 0.600 bits per heavy atom. The van der Waals surface area contributed by atoms with E-state index in [0.29, 0.717) is 19.3 Å². The van der Waals surface area contributed by atoms with Crippen molar-refractivity contribution in [3.8, 4) is 0 Å². The Balaban J connectivity index is 4.22. The van der Waals surface area contributed by atoms with Gasteiger partial charge in [0, 0.05) is 19.3 Å². The molecule has 0 bridgehead atoms. The standard InChI is InChI=1S/C59H98O6/c1-4-7-10-13-16-18-20-22-24-25-26-27-28-29-30-31-32-33-35-36-38-40-43-46-49-52-58(61)64-55-56(54-63-57(60)51-48-45-42-15-12-9-6-3)65-59(62)53-50-47-44-41-39-37-34-23-21-19-17-14-11-8-5-2/h7-8,10-11,16-19,22-24,26-27,29-30,34,56H,4-6,9,12-15,20-21,25,28,31-33,35-55H2,1-3H3/b10-7-,11-8-,18-16-,19-17-,24-22-,27-26-,30-29-,34-23-. The van der Waals surface area contributed by atoms with E-state index in [9.17, 15) is 14.4 Å². The first-order chi connectivity index (χ1) is 32.0. The summed E-state index contributed by atoms with van der Waals surface area (Å²) in [6.45, 7) is 6.34. The van der Waals surface area contributed by atoms with E-state index in [2.05, 4.69) is 118 Å². The molecule has 370 valence electrons. The van der Waals surface area contributed by atoms with Crippen LogP contribution in [0.2, 0.25) is 0 Å². The number of allylic oxidation sites excluding steroid dienone is 16. The zero-order valence-electron chi connectivity index (χ0n) is 42.2. The van der Waals surface area contributed by atoms with Crippen LogP contribution in [-0.2, 0) is 28.6 Å². The van der Waals surface area contributed by atoms with Crippen molar-refractivity contribution in [2.24, 2.45) is 0 Å². The van der Waals surface area contributed by atoms with Crippen LogP contribution in [0.3, 0.4) is 0 Å². The molecule has 65 heavy (non-hydrogen) atoms. The van der Waals surface area contributed by atoms with E-state index in [1.807, 2.05) is 0 Å². The van der Waals surface area contributed by atoms with Crippen LogP contribution in [0.4, 0.5) is 0 Å². The minimum Gasteiger partial charge on any atom is -0.462 e. The Morgan fingerprint density at radius 1 is 0.323 bits per heavy atom. The number of unbranched alkanes of at least 4 members (excludes halogenated alkanes) is 20. The molecule has 0 N–H and O–H groups in total. The lowest BCUT2D eigenvalue weighted by atomic mass is 10.1. The summed E-state index contributed by atoms with van der Waals surface area (Å²) in [5, 5.41) is 0. The van der Waals surface area contributed by atoms with Gasteiger partial charge in [-0.3, -0.25) is 14.4 Å². The van der Waals surface area contributed by atoms with Gasteiger partial charge in [0.25, 0.3) is 0 Å². The van der Waals surface area contributed by atoms with Gasteiger partial charge in [-0.05, 0) is 96.3 Å². The van der Waals surface area contributed by atoms with Crippen LogP contribution < -0.4 is 0 Å². The molecule has 0 aromatic rings. The third kappa shape index (κ3) is 51.2. The lowest BCUT2D eigenvalue weighted by molar-refractivity contribution is -0.167. The highest BCUT2D eigenvalue weighted by atomic mass is 16.6. The number of ether oxygens (including phenoxy) is 3. The van der Waals surface area contributed by atoms with Gasteiger partial charge in [0.2, 0.25) is 0 Å². The fourth-order valence-corrected chi connectivity index (χ4v) is 7.13. The monoisotopic (exact) mass is 903 g/mol. The number of esters is 3. The summed E-state index contributed by atoms with van der Waals surface area (Å²) in [5.41, 5.74) is 0. The molecule has 0 saturated carbocycles. The Labute approximate surface area is 400 Å². The van der Waals surface area contributed by atoms with Crippen LogP contribution in [-0.4, -0.2) is 37.2 Å². The molecule has 0 heterocycles. The maximum absolute atomic E-state index is 12.8. The zero-order chi connectivity index (χ0) is 47.2. The molecule has 6 heteroatoms. The Bertz CT molecular complexity index is 1310. The SMILES string of the molecule is CC/C=C\C/C=C\C/C=C\C/C=C\C/C=C\CCCCCCCCCCCC(=O)OCC(COC(=O)CCCCCCCCC)OC(=O)CCCCCCC/C=C\C/C=C\C/C=C\CC. The van der Waals surface area contributed by atoms with Crippen LogP contribution in [0.1, 0.15) is 239 Å². The second kappa shape index (κ2) is 52.9. The summed E-state index contributed by atoms with van der Waals surface area (Å²) in [4.78, 5) is 37.8. The van der Waals surface area contributed by atoms with Gasteiger partial charge in [-0.1, -0.05) is 221 Å². The molecule has 0 spiro atoms. The van der Waals surface area contributed by atoms with Crippen molar-refractivity contribution in [2.75, 3.05) is 13.2 Å². The van der Waals surface area contributed by atoms with Gasteiger partial charge < -0.3 is 14.2 Å². The van der Waals surface area contributed by atoms with Gasteiger partial charge >= 0.3 is 17.9 Å². The zero-order valence-corrected chi connectivity index (χ0v) is 42.2. The van der Waals surface area contributed by atoms with E-state index >= 15 is 0 Å². The van der Waals surface area contributed by atoms with Gasteiger partial charge in [0.05, 0.1) is 0 Å². The van der Waals surface area contributed by atoms with Gasteiger partial charge in [0.1, 0.15) is 13.2 Å². The summed E-state index contributed by atoms with van der Waals surface area (Å²) in [6, 6.07) is 0. The van der Waals surface area contributed by atoms with Crippen molar-refractivity contribution in [1.29, 1.82) is 0 Å². The molecule has 1 atom stereocenters. The van der Waals surface area contributed by atoms with Crippen molar-refractivity contribution >= 4 is 17.9 Å². The van der Waals surface area contributed by atoms with Crippen LogP contribution in [0.15, 0.2) is 97.2 Å². The second-order valence-corrected chi connectivity index (χ2v) is 17.4. The van der Waals surface area contributed by atoms with E-state index in [0.717, 1.165) is 135 Å². The van der Waals surface area contributed by atoms with Crippen LogP contribution in [0, 0.1) is 0 Å². The smallest absolute Gasteiger partial charge is 0.306 e. The van der Waals surface area contributed by atoms with Crippen LogP contribution in [0.5, 0.6) is 0 Å².